The predicted molar refractivity (Wildman–Crippen MR) is 192 cm³/mol. The summed E-state index contributed by atoms with van der Waals surface area (Å²) >= 11 is 0. The van der Waals surface area contributed by atoms with Gasteiger partial charge in [-0.05, 0) is 47.9 Å². The van der Waals surface area contributed by atoms with E-state index >= 15 is 0 Å². The van der Waals surface area contributed by atoms with Crippen molar-refractivity contribution in [2.45, 2.75) is 72.6 Å². The van der Waals surface area contributed by atoms with Gasteiger partial charge < -0.3 is 45.1 Å². The van der Waals surface area contributed by atoms with Crippen molar-refractivity contribution in [3.63, 3.8) is 0 Å². The standard InChI is InChI=1S/2C20H21.C3H6.2ClH.Hf/c2*1-3-6-16-9-11-17(12-10-16)19-8-5-7-18-13-15(4-2)14-20(18)19;1-3-2;;;/h2*5,7-14H,3-4,6H2,1-2H3;1-3H2;2*1H;/q2*-1;-2;;;/p-2. The third kappa shape index (κ3) is 10.8. The topological polar surface area (TPSA) is 0 Å². The summed E-state index contributed by atoms with van der Waals surface area (Å²) in [6, 6.07) is 40.6. The molecule has 0 atom stereocenters. The second-order valence-electron chi connectivity index (χ2n) is 11.3. The van der Waals surface area contributed by atoms with E-state index in [9.17, 15) is 0 Å². The van der Waals surface area contributed by atoms with E-state index in [-0.39, 0.29) is 50.7 Å². The Labute approximate surface area is 310 Å². The smallest absolute Gasteiger partial charge is 0 e. The Balaban J connectivity index is 0.000000400. The Morgan fingerprint density at radius 1 is 0.522 bits per heavy atom. The van der Waals surface area contributed by atoms with E-state index in [1.807, 2.05) is 0 Å². The second kappa shape index (κ2) is 21.4. The van der Waals surface area contributed by atoms with Crippen LogP contribution in [-0.2, 0) is 51.5 Å². The van der Waals surface area contributed by atoms with E-state index in [1.54, 1.807) is 0 Å². The molecule has 0 saturated heterocycles. The van der Waals surface area contributed by atoms with Gasteiger partial charge in [-0.1, -0.05) is 112 Å². The Hall–Kier alpha value is -2.45. The summed E-state index contributed by atoms with van der Waals surface area (Å²) in [6.45, 7) is 15.6. The van der Waals surface area contributed by atoms with Crippen LogP contribution >= 0.6 is 0 Å². The fourth-order valence-electron chi connectivity index (χ4n) is 5.78. The van der Waals surface area contributed by atoms with Crippen LogP contribution in [0.2, 0.25) is 0 Å². The van der Waals surface area contributed by atoms with Crippen LogP contribution in [0.15, 0.2) is 109 Å². The van der Waals surface area contributed by atoms with Crippen LogP contribution in [0.5, 0.6) is 0 Å². The van der Waals surface area contributed by atoms with Crippen LogP contribution in [0, 0.1) is 13.8 Å². The van der Waals surface area contributed by atoms with E-state index in [4.69, 9.17) is 0 Å². The maximum atomic E-state index is 3.38. The molecule has 0 N–H and O–H groups in total. The molecule has 0 aliphatic carbocycles. The summed E-state index contributed by atoms with van der Waals surface area (Å²) in [5.41, 5.74) is 11.1. The van der Waals surface area contributed by atoms with Crippen molar-refractivity contribution in [2.24, 2.45) is 0 Å². The van der Waals surface area contributed by atoms with Gasteiger partial charge in [-0.2, -0.15) is 12.1 Å². The van der Waals surface area contributed by atoms with Crippen molar-refractivity contribution >= 4 is 21.5 Å². The zero-order valence-corrected chi connectivity index (χ0v) is 33.1. The SMILES string of the molecule is CCCc1ccc(-c2cccc3[cH-]c(CC)cc23)cc1.CCCc1ccc(-c2cccc3[cH-]c(CC)cc23)cc1.[CH2-]C[CH2-].[Cl-].[Cl-].[Hf]. The first-order valence-corrected chi connectivity index (χ1v) is 16.2. The van der Waals surface area contributed by atoms with Gasteiger partial charge in [0.15, 0.2) is 0 Å². The first-order valence-electron chi connectivity index (χ1n) is 16.2. The Morgan fingerprint density at radius 3 is 1.17 bits per heavy atom. The van der Waals surface area contributed by atoms with Gasteiger partial charge in [0.2, 0.25) is 0 Å². The van der Waals surface area contributed by atoms with Crippen molar-refractivity contribution < 1.29 is 50.7 Å². The Morgan fingerprint density at radius 2 is 0.870 bits per heavy atom. The molecule has 0 spiro atoms. The monoisotopic (exact) mass is 814 g/mol. The van der Waals surface area contributed by atoms with Gasteiger partial charge in [-0.3, -0.25) is 0 Å². The minimum absolute atomic E-state index is 0. The quantitative estimate of drug-likeness (QED) is 0.121. The average Bonchev–Trinajstić information content (AvgIpc) is 3.67. The van der Waals surface area contributed by atoms with Crippen molar-refractivity contribution in [2.75, 3.05) is 0 Å². The summed E-state index contributed by atoms with van der Waals surface area (Å²) in [6.07, 6.45) is 7.70. The van der Waals surface area contributed by atoms with Crippen LogP contribution in [0.1, 0.15) is 69.2 Å². The second-order valence-corrected chi connectivity index (χ2v) is 11.3. The number of fused-ring (bicyclic) bond motifs is 2. The number of hydrogen-bond acceptors (Lipinski definition) is 0. The molecule has 0 aliphatic rings. The molecular formula is C43H48Cl2Hf-6. The number of hydrogen-bond donors (Lipinski definition) is 0. The molecular weight excluding hydrogens is 766 g/mol. The van der Waals surface area contributed by atoms with Crippen molar-refractivity contribution in [3.8, 4) is 22.3 Å². The van der Waals surface area contributed by atoms with E-state index in [0.717, 1.165) is 19.3 Å². The fraction of sp³-hybridized carbons (Fsp3) is 0.256. The molecule has 6 aromatic rings. The molecule has 0 aliphatic heterocycles. The first-order chi connectivity index (χ1) is 21.0. The van der Waals surface area contributed by atoms with Crippen LogP contribution in [0.25, 0.3) is 43.8 Å². The summed E-state index contributed by atoms with van der Waals surface area (Å²) in [5.74, 6) is 0. The molecule has 0 unspecified atom stereocenters. The van der Waals surface area contributed by atoms with Gasteiger partial charge >= 0.3 is 0 Å². The van der Waals surface area contributed by atoms with E-state index in [2.05, 4.69) is 151 Å². The minimum atomic E-state index is 0. The largest absolute Gasteiger partial charge is 1.00 e. The molecule has 0 saturated carbocycles. The molecule has 244 valence electrons. The van der Waals surface area contributed by atoms with Gasteiger partial charge in [0, 0.05) is 25.8 Å². The molecule has 0 aromatic heterocycles. The van der Waals surface area contributed by atoms with Crippen molar-refractivity contribution in [1.29, 1.82) is 0 Å². The van der Waals surface area contributed by atoms with Gasteiger partial charge in [0.05, 0.1) is 0 Å². The van der Waals surface area contributed by atoms with E-state index in [1.165, 1.54) is 91.7 Å². The summed E-state index contributed by atoms with van der Waals surface area (Å²) < 4.78 is 0. The zero-order valence-electron chi connectivity index (χ0n) is 28.0. The molecule has 0 radical (unpaired) electrons. The van der Waals surface area contributed by atoms with Crippen LogP contribution in [0.4, 0.5) is 0 Å². The molecule has 0 fully saturated rings. The Kier molecular flexibility index (Phi) is 19.4. The molecule has 0 amide bonds. The maximum absolute atomic E-state index is 3.38. The Bertz CT molecular complexity index is 1560. The van der Waals surface area contributed by atoms with Crippen molar-refractivity contribution in [3.05, 3.63) is 145 Å². The van der Waals surface area contributed by atoms with Gasteiger partial charge in [0.1, 0.15) is 0 Å². The summed E-state index contributed by atoms with van der Waals surface area (Å²) in [5, 5.41) is 5.48. The fourth-order valence-corrected chi connectivity index (χ4v) is 5.78. The van der Waals surface area contributed by atoms with Crippen molar-refractivity contribution in [1.82, 2.24) is 0 Å². The average molecular weight is 814 g/mol. The van der Waals surface area contributed by atoms with E-state index < -0.39 is 0 Å². The molecule has 46 heavy (non-hydrogen) atoms. The third-order valence-corrected chi connectivity index (χ3v) is 8.04. The summed E-state index contributed by atoms with van der Waals surface area (Å²) in [7, 11) is 0. The third-order valence-electron chi connectivity index (χ3n) is 8.04. The first kappa shape index (κ1) is 41.6. The van der Waals surface area contributed by atoms with Crippen LogP contribution in [-0.4, -0.2) is 0 Å². The molecule has 0 heterocycles. The molecule has 0 bridgehead atoms. The van der Waals surface area contributed by atoms with Gasteiger partial charge in [-0.25, -0.2) is 0 Å². The van der Waals surface area contributed by atoms with Gasteiger partial charge in [0.25, 0.3) is 0 Å². The normalized spacial score (nSPS) is 10.0. The van der Waals surface area contributed by atoms with Crippen LogP contribution in [0.3, 0.4) is 0 Å². The number of halogens is 2. The zero-order chi connectivity index (χ0) is 30.6. The maximum Gasteiger partial charge on any atom is 0 e. The van der Waals surface area contributed by atoms with Crippen LogP contribution < -0.4 is 24.8 Å². The minimum Gasteiger partial charge on any atom is -1.00 e. The summed E-state index contributed by atoms with van der Waals surface area (Å²) in [4.78, 5) is 0. The number of benzene rings is 4. The molecule has 0 nitrogen and oxygen atoms in total. The van der Waals surface area contributed by atoms with Gasteiger partial charge in [-0.15, -0.1) is 69.1 Å². The van der Waals surface area contributed by atoms with E-state index in [0.29, 0.717) is 0 Å². The predicted octanol–water partition coefficient (Wildman–Crippen LogP) is 6.53. The molecule has 6 aromatic carbocycles. The molecule has 3 heteroatoms. The number of rotatable bonds is 8. The molecule has 6 rings (SSSR count). The number of aryl methyl sites for hydroxylation is 4.